The number of halogens is 2. The van der Waals surface area contributed by atoms with E-state index in [-0.39, 0.29) is 0 Å². The summed E-state index contributed by atoms with van der Waals surface area (Å²) in [5.41, 5.74) is 0. The maximum atomic E-state index is 11.1. The van der Waals surface area contributed by atoms with Crippen molar-refractivity contribution in [3.8, 4) is 0 Å². The first kappa shape index (κ1) is 28.2. The highest BCUT2D eigenvalue weighted by Gasteiger charge is 2.31. The van der Waals surface area contributed by atoms with Crippen LogP contribution in [-0.4, -0.2) is 90.8 Å². The number of nitro groups is 2. The first-order valence-corrected chi connectivity index (χ1v) is 14.3. The molecule has 4 rings (SSSR count). The van der Waals surface area contributed by atoms with Gasteiger partial charge in [0, 0.05) is 61.4 Å². The molecule has 0 spiro atoms. The molecule has 0 radical (unpaired) electrons. The van der Waals surface area contributed by atoms with Crippen molar-refractivity contribution in [2.75, 3.05) is 39.3 Å². The summed E-state index contributed by atoms with van der Waals surface area (Å²) in [6, 6.07) is 0. The van der Waals surface area contributed by atoms with Gasteiger partial charge in [-0.3, -0.25) is 0 Å². The van der Waals surface area contributed by atoms with Gasteiger partial charge in [-0.2, -0.15) is 0 Å². The van der Waals surface area contributed by atoms with Crippen molar-refractivity contribution in [2.24, 2.45) is 10.2 Å². The third-order valence-electron chi connectivity index (χ3n) is 6.10. The highest BCUT2D eigenvalue weighted by molar-refractivity contribution is 7.16. The molecule has 2 saturated heterocycles. The minimum absolute atomic E-state index is 0.361. The molecule has 206 valence electrons. The summed E-state index contributed by atoms with van der Waals surface area (Å²) >= 11 is 14.5. The van der Waals surface area contributed by atoms with E-state index >= 15 is 0 Å². The van der Waals surface area contributed by atoms with Crippen molar-refractivity contribution >= 4 is 57.8 Å². The van der Waals surface area contributed by atoms with Gasteiger partial charge in [0.1, 0.15) is 10.2 Å². The van der Waals surface area contributed by atoms with E-state index in [4.69, 9.17) is 23.2 Å². The standard InChI is InChI=1S/C20H26Cl2N10O4S2/c21-17-23-11-15(37-17)13-29-9-7-27(19(29)25-31(33)34)5-3-1-2-4-6-28-8-10-30(20(28)26-32(35)36)14-16-12-24-18(22)38-16/h11-12H,1-10,13-14H2/b25-19+,26-20+. The van der Waals surface area contributed by atoms with Gasteiger partial charge in [0.25, 0.3) is 11.9 Å². The molecule has 0 atom stereocenters. The first-order valence-electron chi connectivity index (χ1n) is 11.9. The fourth-order valence-corrected chi connectivity index (χ4v) is 6.44. The van der Waals surface area contributed by atoms with E-state index in [1.807, 2.05) is 19.6 Å². The van der Waals surface area contributed by atoms with Crippen LogP contribution in [0.3, 0.4) is 0 Å². The van der Waals surface area contributed by atoms with Crippen LogP contribution in [-0.2, 0) is 13.1 Å². The molecular weight excluding hydrogens is 579 g/mol. The Bertz CT molecular complexity index is 1100. The lowest BCUT2D eigenvalue weighted by Gasteiger charge is -2.21. The van der Waals surface area contributed by atoms with Crippen LogP contribution in [0.1, 0.15) is 35.4 Å². The second-order valence-corrected chi connectivity index (χ2v) is 12.1. The lowest BCUT2D eigenvalue weighted by Crippen LogP contribution is -2.35. The largest absolute Gasteiger partial charge is 0.336 e. The molecule has 0 aliphatic carbocycles. The Balaban J connectivity index is 1.21. The molecule has 4 heterocycles. The van der Waals surface area contributed by atoms with E-state index < -0.39 is 10.1 Å². The van der Waals surface area contributed by atoms with Crippen LogP contribution in [0.5, 0.6) is 0 Å². The molecule has 0 N–H and O–H groups in total. The molecule has 2 aliphatic rings. The van der Waals surface area contributed by atoms with Crippen molar-refractivity contribution in [3.63, 3.8) is 0 Å². The summed E-state index contributed by atoms with van der Waals surface area (Å²) in [7, 11) is 0. The van der Waals surface area contributed by atoms with Gasteiger partial charge < -0.3 is 19.6 Å². The fourth-order valence-electron chi connectivity index (χ4n) is 4.45. The number of hydrazone groups is 2. The second-order valence-electron chi connectivity index (χ2n) is 8.67. The number of hydrogen-bond donors (Lipinski definition) is 0. The molecule has 14 nitrogen and oxygen atoms in total. The van der Waals surface area contributed by atoms with E-state index in [1.54, 1.807) is 12.4 Å². The zero-order valence-corrected chi connectivity index (χ0v) is 23.5. The van der Waals surface area contributed by atoms with Gasteiger partial charge in [-0.1, -0.05) is 36.0 Å². The molecule has 0 saturated carbocycles. The van der Waals surface area contributed by atoms with Crippen molar-refractivity contribution in [1.29, 1.82) is 0 Å². The molecule has 2 aromatic rings. The first-order chi connectivity index (χ1) is 18.3. The quantitative estimate of drug-likeness (QED) is 0.189. The Morgan fingerprint density at radius 2 is 1.13 bits per heavy atom. The molecule has 2 fully saturated rings. The minimum Gasteiger partial charge on any atom is -0.336 e. The van der Waals surface area contributed by atoms with Crippen LogP contribution in [0, 0.1) is 20.2 Å². The Hall–Kier alpha value is -2.82. The third-order valence-corrected chi connectivity index (χ3v) is 8.30. The van der Waals surface area contributed by atoms with E-state index in [1.165, 1.54) is 22.7 Å². The van der Waals surface area contributed by atoms with Crippen molar-refractivity contribution < 1.29 is 10.1 Å². The number of unbranched alkanes of at least 4 members (excludes halogenated alkanes) is 3. The van der Waals surface area contributed by atoms with Gasteiger partial charge >= 0.3 is 0 Å². The lowest BCUT2D eigenvalue weighted by atomic mass is 10.2. The molecular formula is C20H26Cl2N10O4S2. The minimum atomic E-state index is -0.659. The smallest absolute Gasteiger partial charge is 0.274 e. The highest BCUT2D eigenvalue weighted by atomic mass is 35.5. The summed E-state index contributed by atoms with van der Waals surface area (Å²) in [5, 5.41) is 28.2. The molecule has 2 aliphatic heterocycles. The molecule has 18 heteroatoms. The molecule has 0 aromatic carbocycles. The number of rotatable bonds is 13. The van der Waals surface area contributed by atoms with Crippen LogP contribution < -0.4 is 0 Å². The average Bonchev–Trinajstić information content (AvgIpc) is 3.63. The van der Waals surface area contributed by atoms with E-state index in [0.29, 0.717) is 73.2 Å². The third kappa shape index (κ3) is 7.85. The van der Waals surface area contributed by atoms with Gasteiger partial charge in [0.15, 0.2) is 19.0 Å². The number of guanidine groups is 2. The van der Waals surface area contributed by atoms with E-state index in [0.717, 1.165) is 35.4 Å². The maximum Gasteiger partial charge on any atom is 0.274 e. The van der Waals surface area contributed by atoms with Gasteiger partial charge in [-0.05, 0) is 12.8 Å². The normalized spacial score (nSPS) is 17.9. The van der Waals surface area contributed by atoms with Gasteiger partial charge in [-0.25, -0.2) is 30.2 Å². The predicted molar refractivity (Wildman–Crippen MR) is 146 cm³/mol. The number of nitrogens with zero attached hydrogens (tertiary/aromatic N) is 10. The van der Waals surface area contributed by atoms with Gasteiger partial charge in [-0.15, -0.1) is 22.7 Å². The Kier molecular flexibility index (Phi) is 9.87. The van der Waals surface area contributed by atoms with E-state index in [9.17, 15) is 20.2 Å². The Morgan fingerprint density at radius 3 is 1.47 bits per heavy atom. The zero-order valence-electron chi connectivity index (χ0n) is 20.3. The highest BCUT2D eigenvalue weighted by Crippen LogP contribution is 2.23. The molecule has 2 aromatic heterocycles. The van der Waals surface area contributed by atoms with Crippen LogP contribution in [0.25, 0.3) is 0 Å². The maximum absolute atomic E-state index is 11.1. The summed E-state index contributed by atoms with van der Waals surface area (Å²) < 4.78 is 0.874. The zero-order chi connectivity index (χ0) is 27.1. The number of aromatic nitrogens is 2. The molecule has 0 bridgehead atoms. The monoisotopic (exact) mass is 604 g/mol. The van der Waals surface area contributed by atoms with Gasteiger partial charge in [0.2, 0.25) is 0 Å². The van der Waals surface area contributed by atoms with Crippen molar-refractivity contribution in [3.05, 3.63) is 51.3 Å². The number of hydrogen-bond acceptors (Lipinski definition) is 8. The Labute approximate surface area is 236 Å². The van der Waals surface area contributed by atoms with Crippen LogP contribution in [0.15, 0.2) is 22.6 Å². The predicted octanol–water partition coefficient (Wildman–Crippen LogP) is 3.50. The van der Waals surface area contributed by atoms with Crippen molar-refractivity contribution in [2.45, 2.75) is 38.8 Å². The lowest BCUT2D eigenvalue weighted by molar-refractivity contribution is -0.486. The second kappa shape index (κ2) is 13.3. The summed E-state index contributed by atoms with van der Waals surface area (Å²) in [6.45, 7) is 4.88. The summed E-state index contributed by atoms with van der Waals surface area (Å²) in [6.07, 6.45) is 6.90. The Morgan fingerprint density at radius 1 is 0.737 bits per heavy atom. The number of thiazole rings is 2. The van der Waals surface area contributed by atoms with Gasteiger partial charge in [0.05, 0.1) is 13.1 Å². The van der Waals surface area contributed by atoms with Crippen LogP contribution >= 0.6 is 45.9 Å². The van der Waals surface area contributed by atoms with Crippen LogP contribution in [0.4, 0.5) is 0 Å². The molecule has 0 amide bonds. The topological polar surface area (TPSA) is 150 Å². The van der Waals surface area contributed by atoms with Crippen molar-refractivity contribution in [1.82, 2.24) is 29.6 Å². The fraction of sp³-hybridized carbons (Fsp3) is 0.600. The van der Waals surface area contributed by atoms with E-state index in [2.05, 4.69) is 20.2 Å². The SMILES string of the molecule is O=[N+]([O-])/N=C1\N(CCCCCCN2CCN(Cc3cnc(Cl)s3)/C2=N/[N+](=O)[O-])CCN1Cc1cnc(Cl)s1. The molecule has 38 heavy (non-hydrogen) atoms. The summed E-state index contributed by atoms with van der Waals surface area (Å²) in [4.78, 5) is 39.8. The molecule has 0 unspecified atom stereocenters. The van der Waals surface area contributed by atoms with Crippen LogP contribution in [0.2, 0.25) is 8.93 Å². The summed E-state index contributed by atoms with van der Waals surface area (Å²) in [5.74, 6) is 0.721. The average molecular weight is 606 g/mol.